The van der Waals surface area contributed by atoms with Crippen LogP contribution >= 0.6 is 0 Å². The minimum atomic E-state index is -0.360. The van der Waals surface area contributed by atoms with Crippen molar-refractivity contribution in [3.05, 3.63) is 324 Å². The van der Waals surface area contributed by atoms with Crippen molar-refractivity contribution in [1.29, 1.82) is 0 Å². The lowest BCUT2D eigenvalue weighted by atomic mass is 9.81. The molecular formula is C73H60O4. The van der Waals surface area contributed by atoms with Crippen molar-refractivity contribution in [3.63, 3.8) is 0 Å². The monoisotopic (exact) mass is 1000 g/mol. The highest BCUT2D eigenvalue weighted by molar-refractivity contribution is 5.72. The predicted molar refractivity (Wildman–Crippen MR) is 320 cm³/mol. The molecule has 0 amide bonds. The van der Waals surface area contributed by atoms with Crippen molar-refractivity contribution in [2.24, 2.45) is 0 Å². The van der Waals surface area contributed by atoms with Crippen molar-refractivity contribution in [2.45, 2.75) is 32.3 Å². The number of rotatable bonds is 22. The largest absolute Gasteiger partial charge is 0.489 e. The first-order valence-electron chi connectivity index (χ1n) is 25.9. The van der Waals surface area contributed by atoms with Gasteiger partial charge in [-0.25, -0.2) is 0 Å². The second-order valence-corrected chi connectivity index (χ2v) is 18.9. The Labute approximate surface area is 453 Å². The van der Waals surface area contributed by atoms with Crippen molar-refractivity contribution >= 4 is 24.3 Å². The fraction of sp³-hybridized carbons (Fsp3) is 0.0685. The third-order valence-corrected chi connectivity index (χ3v) is 13.8. The Kier molecular flexibility index (Phi) is 16.2. The molecule has 77 heavy (non-hydrogen) atoms. The average Bonchev–Trinajstić information content (AvgIpc) is 3.52. The summed E-state index contributed by atoms with van der Waals surface area (Å²) in [5, 5.41) is 0. The van der Waals surface area contributed by atoms with Crippen LogP contribution in [0.5, 0.6) is 23.0 Å². The van der Waals surface area contributed by atoms with E-state index in [1.54, 1.807) is 0 Å². The summed E-state index contributed by atoms with van der Waals surface area (Å²) < 4.78 is 26.5. The molecule has 0 heterocycles. The molecule has 0 saturated carbocycles. The third kappa shape index (κ3) is 12.8. The third-order valence-electron chi connectivity index (χ3n) is 13.8. The van der Waals surface area contributed by atoms with E-state index >= 15 is 0 Å². The molecule has 0 atom stereocenters. The number of ether oxygens (including phenoxy) is 4. The van der Waals surface area contributed by atoms with Gasteiger partial charge >= 0.3 is 0 Å². The molecule has 0 N–H and O–H groups in total. The average molecular weight is 1000 g/mol. The maximum atomic E-state index is 6.98. The van der Waals surface area contributed by atoms with Gasteiger partial charge in [0, 0.05) is 17.0 Å². The van der Waals surface area contributed by atoms with Crippen molar-refractivity contribution < 1.29 is 18.9 Å². The Morgan fingerprint density at radius 1 is 0.286 bits per heavy atom. The SMILES string of the molecule is C=Cc1ccc(COc2ccc(-c3ccc(OCc4ccc(C=C)cc4)c(C(c4ccc(-c5ccccc5)cc4)c4cc(-c5ccc(OCc6ccc(C=C)cc6)cc5)ccc4OCc4ccc(C=C)cc4)c3)cc2)cc1. The van der Waals surface area contributed by atoms with Crippen LogP contribution < -0.4 is 18.9 Å². The van der Waals surface area contributed by atoms with E-state index < -0.39 is 0 Å². The normalized spacial score (nSPS) is 10.9. The zero-order valence-electron chi connectivity index (χ0n) is 43.2. The van der Waals surface area contributed by atoms with Gasteiger partial charge in [-0.05, 0) is 132 Å². The molecule has 10 aromatic carbocycles. The van der Waals surface area contributed by atoms with Crippen LogP contribution in [-0.2, 0) is 26.4 Å². The lowest BCUT2D eigenvalue weighted by Gasteiger charge is -2.26. The van der Waals surface area contributed by atoms with E-state index in [0.29, 0.717) is 26.4 Å². The first-order chi connectivity index (χ1) is 37.9. The quantitative estimate of drug-likeness (QED) is 0.0634. The lowest BCUT2D eigenvalue weighted by molar-refractivity contribution is 0.298. The molecule has 10 rings (SSSR count). The first-order valence-corrected chi connectivity index (χ1v) is 25.9. The van der Waals surface area contributed by atoms with Gasteiger partial charge in [-0.15, -0.1) is 0 Å². The molecule has 0 fully saturated rings. The first kappa shape index (κ1) is 50.9. The molecule has 0 radical (unpaired) electrons. The van der Waals surface area contributed by atoms with Gasteiger partial charge in [0.25, 0.3) is 0 Å². The maximum Gasteiger partial charge on any atom is 0.124 e. The van der Waals surface area contributed by atoms with Crippen LogP contribution in [0.3, 0.4) is 0 Å². The van der Waals surface area contributed by atoms with Crippen LogP contribution in [-0.4, -0.2) is 0 Å². The smallest absolute Gasteiger partial charge is 0.124 e. The highest BCUT2D eigenvalue weighted by atomic mass is 16.5. The maximum absolute atomic E-state index is 6.98. The molecule has 0 aliphatic carbocycles. The van der Waals surface area contributed by atoms with E-state index in [1.165, 1.54) is 0 Å². The highest BCUT2D eigenvalue weighted by Crippen LogP contribution is 2.45. The summed E-state index contributed by atoms with van der Waals surface area (Å²) in [6, 6.07) is 82.3. The van der Waals surface area contributed by atoms with Crippen LogP contribution in [0.2, 0.25) is 0 Å². The molecule has 0 unspecified atom stereocenters. The van der Waals surface area contributed by atoms with Crippen molar-refractivity contribution in [1.82, 2.24) is 0 Å². The molecule has 0 bridgehead atoms. The molecule has 376 valence electrons. The molecule has 0 aliphatic heterocycles. The van der Waals surface area contributed by atoms with E-state index in [4.69, 9.17) is 18.9 Å². The summed E-state index contributed by atoms with van der Waals surface area (Å²) in [5.41, 5.74) is 18.0. The van der Waals surface area contributed by atoms with Crippen molar-refractivity contribution in [2.75, 3.05) is 0 Å². The zero-order valence-corrected chi connectivity index (χ0v) is 43.2. The van der Waals surface area contributed by atoms with Crippen LogP contribution in [0.1, 0.15) is 67.1 Å². The van der Waals surface area contributed by atoms with E-state index in [9.17, 15) is 0 Å². The second-order valence-electron chi connectivity index (χ2n) is 18.9. The Morgan fingerprint density at radius 3 is 0.935 bits per heavy atom. The number of hydrogen-bond acceptors (Lipinski definition) is 4. The van der Waals surface area contributed by atoms with Gasteiger partial charge in [0.2, 0.25) is 0 Å². The van der Waals surface area contributed by atoms with Gasteiger partial charge in [-0.3, -0.25) is 0 Å². The Bertz CT molecular complexity index is 3380. The van der Waals surface area contributed by atoms with E-state index in [0.717, 1.165) is 118 Å². The van der Waals surface area contributed by atoms with E-state index in [2.05, 4.69) is 233 Å². The Morgan fingerprint density at radius 2 is 0.584 bits per heavy atom. The molecule has 4 heteroatoms. The minimum absolute atomic E-state index is 0.360. The summed E-state index contributed by atoms with van der Waals surface area (Å²) in [4.78, 5) is 0. The van der Waals surface area contributed by atoms with Crippen LogP contribution in [0.15, 0.2) is 263 Å². The summed E-state index contributed by atoms with van der Waals surface area (Å²) >= 11 is 0. The van der Waals surface area contributed by atoms with Gasteiger partial charge in [0.15, 0.2) is 0 Å². The molecule has 0 aromatic heterocycles. The summed E-state index contributed by atoms with van der Waals surface area (Å²) in [5.74, 6) is 2.74. The van der Waals surface area contributed by atoms with Crippen LogP contribution in [0, 0.1) is 0 Å². The fourth-order valence-electron chi connectivity index (χ4n) is 9.34. The standard InChI is InChI=1S/C73H60O4/c1-5-52-14-22-56(23-15-52)48-74-67-40-34-62(35-41-67)65-38-44-71(76-50-58-26-18-54(7-3)19-27-58)69(46-65)73(64-32-30-61(31-33-64)60-12-10-9-11-13-60)70-47-66(39-45-72(70)77-51-59-28-20-55(8-4)21-29-59)63-36-42-68(43-37-63)75-49-57-24-16-53(6-2)17-25-57/h5-47,73H,1-4,48-51H2. The van der Waals surface area contributed by atoms with Gasteiger partial charge in [0.05, 0.1) is 0 Å². The number of hydrogen-bond donors (Lipinski definition) is 0. The number of benzene rings is 10. The molecule has 4 nitrogen and oxygen atoms in total. The topological polar surface area (TPSA) is 36.9 Å². The molecule has 0 saturated heterocycles. The van der Waals surface area contributed by atoms with E-state index in [1.807, 2.05) is 54.6 Å². The van der Waals surface area contributed by atoms with Gasteiger partial charge < -0.3 is 18.9 Å². The van der Waals surface area contributed by atoms with Crippen LogP contribution in [0.4, 0.5) is 0 Å². The minimum Gasteiger partial charge on any atom is -0.489 e. The van der Waals surface area contributed by atoms with Crippen molar-refractivity contribution in [3.8, 4) is 56.4 Å². The summed E-state index contributed by atoms with van der Waals surface area (Å²) in [6.45, 7) is 17.3. The van der Waals surface area contributed by atoms with Crippen LogP contribution in [0.25, 0.3) is 57.7 Å². The molecule has 0 spiro atoms. The molecule has 0 aliphatic rings. The Balaban J connectivity index is 1.08. The van der Waals surface area contributed by atoms with E-state index in [-0.39, 0.29) is 5.92 Å². The van der Waals surface area contributed by atoms with Gasteiger partial charge in [-0.2, -0.15) is 0 Å². The second kappa shape index (κ2) is 24.6. The lowest BCUT2D eigenvalue weighted by Crippen LogP contribution is -2.10. The molecular weight excluding hydrogens is 941 g/mol. The highest BCUT2D eigenvalue weighted by Gasteiger charge is 2.27. The summed E-state index contributed by atoms with van der Waals surface area (Å²) in [6.07, 6.45) is 7.40. The zero-order chi connectivity index (χ0) is 52.8. The Hall–Kier alpha value is -9.64. The predicted octanol–water partition coefficient (Wildman–Crippen LogP) is 18.8. The van der Waals surface area contributed by atoms with Gasteiger partial charge in [-0.1, -0.05) is 239 Å². The fourth-order valence-corrected chi connectivity index (χ4v) is 9.34. The van der Waals surface area contributed by atoms with Gasteiger partial charge in [0.1, 0.15) is 49.4 Å². The summed E-state index contributed by atoms with van der Waals surface area (Å²) in [7, 11) is 0. The molecule has 10 aromatic rings.